The summed E-state index contributed by atoms with van der Waals surface area (Å²) in [6.45, 7) is 6.89. The van der Waals surface area contributed by atoms with Crippen LogP contribution in [0.15, 0.2) is 29.3 Å². The molecule has 2 rings (SSSR count). The Hall–Kier alpha value is -1.11. The standard InChI is InChI=1S/C27H45N/c1-4-6-8-10-12-13-15-19-23-27(22-18-14-11-9-7-5-2)24(3)28-26-21-17-16-20-25(26)27/h16-17,20-21H,4-15,18-19,22-23H2,1-3H3. The molecular formula is C27H45N. The van der Waals surface area contributed by atoms with Crippen LogP contribution >= 0.6 is 0 Å². The fraction of sp³-hybridized carbons (Fsp3) is 0.741. The summed E-state index contributed by atoms with van der Waals surface area (Å²) >= 11 is 0. The average molecular weight is 384 g/mol. The largest absolute Gasteiger partial charge is 0.257 e. The van der Waals surface area contributed by atoms with Crippen LogP contribution < -0.4 is 0 Å². The lowest BCUT2D eigenvalue weighted by Crippen LogP contribution is -2.31. The third kappa shape index (κ3) is 6.75. The third-order valence-corrected chi connectivity index (χ3v) is 6.81. The molecule has 1 heterocycles. The lowest BCUT2D eigenvalue weighted by molar-refractivity contribution is 0.430. The Bertz CT molecular complexity index is 573. The van der Waals surface area contributed by atoms with Crippen molar-refractivity contribution in [1.29, 1.82) is 0 Å². The summed E-state index contributed by atoms with van der Waals surface area (Å²) in [5.74, 6) is 0. The first-order valence-electron chi connectivity index (χ1n) is 12.4. The smallest absolute Gasteiger partial charge is 0.0670 e. The van der Waals surface area contributed by atoms with Gasteiger partial charge in [0.15, 0.2) is 0 Å². The van der Waals surface area contributed by atoms with E-state index in [0.29, 0.717) is 0 Å². The molecule has 0 saturated carbocycles. The second-order valence-corrected chi connectivity index (χ2v) is 9.04. The van der Waals surface area contributed by atoms with E-state index in [2.05, 4.69) is 45.0 Å². The van der Waals surface area contributed by atoms with Crippen LogP contribution in [0.25, 0.3) is 0 Å². The molecule has 1 unspecified atom stereocenters. The first kappa shape index (κ1) is 23.2. The second-order valence-electron chi connectivity index (χ2n) is 9.04. The Morgan fingerprint density at radius 3 is 1.64 bits per heavy atom. The van der Waals surface area contributed by atoms with Crippen molar-refractivity contribution in [3.05, 3.63) is 29.8 Å². The van der Waals surface area contributed by atoms with Gasteiger partial charge in [0.2, 0.25) is 0 Å². The van der Waals surface area contributed by atoms with E-state index in [4.69, 9.17) is 4.99 Å². The van der Waals surface area contributed by atoms with Crippen molar-refractivity contribution in [3.63, 3.8) is 0 Å². The zero-order chi connectivity index (χ0) is 20.1. The summed E-state index contributed by atoms with van der Waals surface area (Å²) in [6, 6.07) is 8.94. The van der Waals surface area contributed by atoms with Crippen LogP contribution in [0.1, 0.15) is 129 Å². The van der Waals surface area contributed by atoms with E-state index in [1.165, 1.54) is 120 Å². The molecule has 158 valence electrons. The molecule has 0 N–H and O–H groups in total. The van der Waals surface area contributed by atoms with Gasteiger partial charge >= 0.3 is 0 Å². The summed E-state index contributed by atoms with van der Waals surface area (Å²) in [5, 5.41) is 0. The maximum Gasteiger partial charge on any atom is 0.0670 e. The molecular weight excluding hydrogens is 338 g/mol. The van der Waals surface area contributed by atoms with Crippen molar-refractivity contribution in [2.45, 2.75) is 129 Å². The van der Waals surface area contributed by atoms with Gasteiger partial charge in [0, 0.05) is 11.1 Å². The first-order chi connectivity index (χ1) is 13.7. The van der Waals surface area contributed by atoms with Gasteiger partial charge in [-0.05, 0) is 31.4 Å². The van der Waals surface area contributed by atoms with Gasteiger partial charge in [0.25, 0.3) is 0 Å². The van der Waals surface area contributed by atoms with Crippen LogP contribution in [-0.4, -0.2) is 5.71 Å². The number of unbranched alkanes of at least 4 members (excludes halogenated alkanes) is 12. The summed E-state index contributed by atoms with van der Waals surface area (Å²) in [4.78, 5) is 5.00. The Balaban J connectivity index is 1.87. The molecule has 0 bridgehead atoms. The van der Waals surface area contributed by atoms with E-state index in [9.17, 15) is 0 Å². The molecule has 0 fully saturated rings. The molecule has 1 nitrogen and oxygen atoms in total. The average Bonchev–Trinajstić information content (AvgIpc) is 2.98. The number of aliphatic imine (C=N–C) groups is 1. The highest BCUT2D eigenvalue weighted by Gasteiger charge is 2.39. The SMILES string of the molecule is CCCCCCCCCCC1(CCCCCCCC)C(C)=Nc2ccccc21. The topological polar surface area (TPSA) is 12.4 Å². The highest BCUT2D eigenvalue weighted by atomic mass is 14.8. The number of rotatable bonds is 16. The Morgan fingerprint density at radius 2 is 1.11 bits per heavy atom. The van der Waals surface area contributed by atoms with Crippen LogP contribution in [0, 0.1) is 0 Å². The molecule has 0 saturated heterocycles. The molecule has 1 aliphatic rings. The van der Waals surface area contributed by atoms with Gasteiger partial charge in [0.05, 0.1) is 5.69 Å². The molecule has 28 heavy (non-hydrogen) atoms. The van der Waals surface area contributed by atoms with Crippen molar-refractivity contribution in [2.24, 2.45) is 4.99 Å². The van der Waals surface area contributed by atoms with Crippen molar-refractivity contribution in [1.82, 2.24) is 0 Å². The maximum absolute atomic E-state index is 5.00. The fourth-order valence-corrected chi connectivity index (χ4v) is 4.98. The van der Waals surface area contributed by atoms with Gasteiger partial charge in [-0.3, -0.25) is 4.99 Å². The molecule has 1 atom stereocenters. The summed E-state index contributed by atoms with van der Waals surface area (Å²) in [6.07, 6.45) is 22.1. The van der Waals surface area contributed by atoms with E-state index >= 15 is 0 Å². The number of fused-ring (bicyclic) bond motifs is 1. The monoisotopic (exact) mass is 383 g/mol. The van der Waals surface area contributed by atoms with Crippen LogP contribution in [0.4, 0.5) is 5.69 Å². The van der Waals surface area contributed by atoms with Gasteiger partial charge in [-0.25, -0.2) is 0 Å². The van der Waals surface area contributed by atoms with Crippen molar-refractivity contribution in [3.8, 4) is 0 Å². The predicted molar refractivity (Wildman–Crippen MR) is 126 cm³/mol. The van der Waals surface area contributed by atoms with E-state index in [1.807, 2.05) is 0 Å². The molecule has 0 radical (unpaired) electrons. The van der Waals surface area contributed by atoms with Gasteiger partial charge < -0.3 is 0 Å². The maximum atomic E-state index is 5.00. The summed E-state index contributed by atoms with van der Waals surface area (Å²) in [5.41, 5.74) is 4.36. The Morgan fingerprint density at radius 1 is 0.643 bits per heavy atom. The van der Waals surface area contributed by atoms with E-state index in [0.717, 1.165) is 0 Å². The predicted octanol–water partition coefficient (Wildman–Crippen LogP) is 9.31. The number of hydrogen-bond acceptors (Lipinski definition) is 1. The van der Waals surface area contributed by atoms with E-state index in [-0.39, 0.29) is 5.41 Å². The van der Waals surface area contributed by atoms with Crippen LogP contribution in [0.3, 0.4) is 0 Å². The zero-order valence-electron chi connectivity index (χ0n) is 19.1. The fourth-order valence-electron chi connectivity index (χ4n) is 4.98. The molecule has 0 amide bonds. The van der Waals surface area contributed by atoms with Gasteiger partial charge in [0.1, 0.15) is 0 Å². The van der Waals surface area contributed by atoms with Crippen LogP contribution in [0.5, 0.6) is 0 Å². The van der Waals surface area contributed by atoms with Gasteiger partial charge in [-0.2, -0.15) is 0 Å². The second kappa shape index (κ2) is 13.2. The molecule has 0 aliphatic carbocycles. The van der Waals surface area contributed by atoms with E-state index in [1.54, 1.807) is 0 Å². The molecule has 1 aliphatic heterocycles. The molecule has 1 aromatic carbocycles. The lowest BCUT2D eigenvalue weighted by Gasteiger charge is -2.31. The highest BCUT2D eigenvalue weighted by Crippen LogP contribution is 2.46. The number of para-hydroxylation sites is 1. The number of hydrogen-bond donors (Lipinski definition) is 0. The van der Waals surface area contributed by atoms with Crippen LogP contribution in [0.2, 0.25) is 0 Å². The number of nitrogens with zero attached hydrogens (tertiary/aromatic N) is 1. The van der Waals surface area contributed by atoms with E-state index < -0.39 is 0 Å². The van der Waals surface area contributed by atoms with Crippen LogP contribution in [-0.2, 0) is 5.41 Å². The Kier molecular flexibility index (Phi) is 10.9. The van der Waals surface area contributed by atoms with Crippen molar-refractivity contribution < 1.29 is 0 Å². The molecule has 0 aromatic heterocycles. The van der Waals surface area contributed by atoms with Crippen molar-refractivity contribution in [2.75, 3.05) is 0 Å². The molecule has 1 aromatic rings. The van der Waals surface area contributed by atoms with Gasteiger partial charge in [-0.1, -0.05) is 122 Å². The normalized spacial score (nSPS) is 18.3. The third-order valence-electron chi connectivity index (χ3n) is 6.81. The first-order valence-corrected chi connectivity index (χ1v) is 12.4. The quantitative estimate of drug-likeness (QED) is 0.252. The minimum atomic E-state index is 0.226. The zero-order valence-corrected chi connectivity index (χ0v) is 19.1. The van der Waals surface area contributed by atoms with Crippen molar-refractivity contribution >= 4 is 11.4 Å². The Labute approximate surface area is 175 Å². The minimum absolute atomic E-state index is 0.226. The minimum Gasteiger partial charge on any atom is -0.257 e. The number of benzene rings is 1. The summed E-state index contributed by atoms with van der Waals surface area (Å²) < 4.78 is 0. The lowest BCUT2D eigenvalue weighted by atomic mass is 9.70. The van der Waals surface area contributed by atoms with Gasteiger partial charge in [-0.15, -0.1) is 0 Å². The molecule has 0 spiro atoms. The summed E-state index contributed by atoms with van der Waals surface area (Å²) in [7, 11) is 0. The highest BCUT2D eigenvalue weighted by molar-refractivity contribution is 6.00. The molecule has 1 heteroatoms.